The number of rotatable bonds is 7. The van der Waals surface area contributed by atoms with Crippen molar-refractivity contribution in [3.05, 3.63) is 89.2 Å². The van der Waals surface area contributed by atoms with E-state index >= 15 is 0 Å². The molecule has 0 saturated carbocycles. The first-order chi connectivity index (χ1) is 14.2. The second-order valence-corrected chi connectivity index (χ2v) is 7.33. The first-order valence-electron chi connectivity index (χ1n) is 9.16. The molecule has 0 aliphatic carbocycles. The molecule has 2 aromatic heterocycles. The highest BCUT2D eigenvalue weighted by Gasteiger charge is 2.13. The molecular weight excluding hydrogens is 389 g/mol. The maximum Gasteiger partial charge on any atom is 0.266 e. The lowest BCUT2D eigenvalue weighted by molar-refractivity contribution is 0.318. The van der Waals surface area contributed by atoms with Gasteiger partial charge in [0.15, 0.2) is 5.16 Å². The molecule has 0 fully saturated rings. The molecule has 2 heterocycles. The molecule has 4 aromatic rings. The molecule has 0 N–H and O–H groups in total. The standard InChI is InChI=1S/C22H18FN3O2S/c23-16-8-10-18(11-9-16)28-13-4-14-29-22-25-20-7-2-1-6-19(20)21(27)26(22)17-5-3-12-24-15-17/h1-3,5-12,15H,4,13-14H2. The van der Waals surface area contributed by atoms with Crippen LogP contribution in [-0.2, 0) is 0 Å². The van der Waals surface area contributed by atoms with Crippen molar-refractivity contribution in [2.24, 2.45) is 0 Å². The highest BCUT2D eigenvalue weighted by molar-refractivity contribution is 7.99. The van der Waals surface area contributed by atoms with E-state index in [-0.39, 0.29) is 11.4 Å². The minimum Gasteiger partial charge on any atom is -0.494 e. The van der Waals surface area contributed by atoms with Crippen LogP contribution in [-0.4, -0.2) is 26.9 Å². The highest BCUT2D eigenvalue weighted by atomic mass is 32.2. The van der Waals surface area contributed by atoms with E-state index in [9.17, 15) is 9.18 Å². The molecule has 5 nitrogen and oxygen atoms in total. The summed E-state index contributed by atoms with van der Waals surface area (Å²) in [5.41, 5.74) is 1.23. The Morgan fingerprint density at radius 1 is 1.03 bits per heavy atom. The Labute approximate surface area is 171 Å². The Balaban J connectivity index is 1.51. The topological polar surface area (TPSA) is 57.0 Å². The lowest BCUT2D eigenvalue weighted by Crippen LogP contribution is -2.22. The molecular formula is C22H18FN3O2S. The SMILES string of the molecule is O=c1c2ccccc2nc(SCCCOc2ccc(F)cc2)n1-c1cccnc1. The Bertz CT molecular complexity index is 1160. The molecule has 0 bridgehead atoms. The number of halogens is 1. The van der Waals surface area contributed by atoms with Gasteiger partial charge in [-0.2, -0.15) is 0 Å². The molecule has 0 radical (unpaired) electrons. The second-order valence-electron chi connectivity index (χ2n) is 6.27. The zero-order valence-corrected chi connectivity index (χ0v) is 16.3. The number of aromatic nitrogens is 3. The Hall–Kier alpha value is -3.19. The maximum atomic E-state index is 13.1. The normalized spacial score (nSPS) is 10.9. The van der Waals surface area contributed by atoms with Crippen LogP contribution >= 0.6 is 11.8 Å². The largest absolute Gasteiger partial charge is 0.494 e. The van der Waals surface area contributed by atoms with E-state index in [0.29, 0.717) is 39.9 Å². The van der Waals surface area contributed by atoms with Crippen molar-refractivity contribution in [1.82, 2.24) is 14.5 Å². The summed E-state index contributed by atoms with van der Waals surface area (Å²) >= 11 is 1.49. The van der Waals surface area contributed by atoms with Crippen LogP contribution in [0.25, 0.3) is 16.6 Å². The third-order valence-corrected chi connectivity index (χ3v) is 5.28. The number of thioether (sulfide) groups is 1. The Morgan fingerprint density at radius 3 is 2.66 bits per heavy atom. The van der Waals surface area contributed by atoms with Crippen LogP contribution in [0.15, 0.2) is 83.0 Å². The van der Waals surface area contributed by atoms with Crippen LogP contribution in [0.1, 0.15) is 6.42 Å². The van der Waals surface area contributed by atoms with Crippen LogP contribution in [0.2, 0.25) is 0 Å². The third kappa shape index (κ3) is 4.46. The molecule has 2 aromatic carbocycles. The fourth-order valence-corrected chi connectivity index (χ4v) is 3.79. The molecule has 0 unspecified atom stereocenters. The van der Waals surface area contributed by atoms with E-state index < -0.39 is 0 Å². The summed E-state index contributed by atoms with van der Waals surface area (Å²) in [5, 5.41) is 1.18. The van der Waals surface area contributed by atoms with Gasteiger partial charge in [-0.05, 0) is 55.0 Å². The van der Waals surface area contributed by atoms with Crippen molar-refractivity contribution >= 4 is 22.7 Å². The van der Waals surface area contributed by atoms with E-state index in [1.165, 1.54) is 23.9 Å². The van der Waals surface area contributed by atoms with Crippen LogP contribution in [0.4, 0.5) is 4.39 Å². The quantitative estimate of drug-likeness (QED) is 0.257. The molecule has 4 rings (SSSR count). The first kappa shape index (κ1) is 19.1. The van der Waals surface area contributed by atoms with Crippen molar-refractivity contribution in [3.63, 3.8) is 0 Å². The van der Waals surface area contributed by atoms with Gasteiger partial charge in [0.25, 0.3) is 5.56 Å². The van der Waals surface area contributed by atoms with Crippen LogP contribution in [0.3, 0.4) is 0 Å². The fraction of sp³-hybridized carbons (Fsp3) is 0.136. The first-order valence-corrected chi connectivity index (χ1v) is 10.1. The number of pyridine rings is 1. The minimum atomic E-state index is -0.288. The van der Waals surface area contributed by atoms with Crippen LogP contribution in [0.5, 0.6) is 5.75 Å². The van der Waals surface area contributed by atoms with Gasteiger partial charge in [-0.1, -0.05) is 23.9 Å². The fourth-order valence-electron chi connectivity index (χ4n) is 2.87. The Kier molecular flexibility index (Phi) is 5.86. The summed E-state index contributed by atoms with van der Waals surface area (Å²) in [4.78, 5) is 21.9. The molecule has 146 valence electrons. The van der Waals surface area contributed by atoms with Gasteiger partial charge < -0.3 is 4.74 Å². The monoisotopic (exact) mass is 407 g/mol. The number of nitrogens with zero attached hydrogens (tertiary/aromatic N) is 3. The summed E-state index contributed by atoms with van der Waals surface area (Å²) in [6, 6.07) is 16.9. The predicted molar refractivity (Wildman–Crippen MR) is 112 cm³/mol. The number of para-hydroxylation sites is 1. The average Bonchev–Trinajstić information content (AvgIpc) is 2.75. The number of ether oxygens (including phenoxy) is 1. The molecule has 0 aliphatic rings. The van der Waals surface area contributed by atoms with Crippen molar-refractivity contribution in [2.45, 2.75) is 11.6 Å². The van der Waals surface area contributed by atoms with Gasteiger partial charge in [-0.3, -0.25) is 14.3 Å². The summed E-state index contributed by atoms with van der Waals surface area (Å²) in [5.74, 6) is 1.06. The van der Waals surface area contributed by atoms with Gasteiger partial charge in [0.2, 0.25) is 0 Å². The zero-order valence-electron chi connectivity index (χ0n) is 15.5. The molecule has 0 saturated heterocycles. The smallest absolute Gasteiger partial charge is 0.266 e. The minimum absolute atomic E-state index is 0.117. The van der Waals surface area contributed by atoms with Crippen molar-refractivity contribution < 1.29 is 9.13 Å². The maximum absolute atomic E-state index is 13.1. The summed E-state index contributed by atoms with van der Waals surface area (Å²) < 4.78 is 20.2. The van der Waals surface area contributed by atoms with E-state index in [2.05, 4.69) is 4.98 Å². The highest BCUT2D eigenvalue weighted by Crippen LogP contribution is 2.22. The van der Waals surface area contributed by atoms with Gasteiger partial charge in [-0.15, -0.1) is 0 Å². The molecule has 7 heteroatoms. The molecule has 29 heavy (non-hydrogen) atoms. The van der Waals surface area contributed by atoms with E-state index in [1.54, 1.807) is 41.2 Å². The molecule has 0 spiro atoms. The van der Waals surface area contributed by atoms with Crippen molar-refractivity contribution in [3.8, 4) is 11.4 Å². The Morgan fingerprint density at radius 2 is 1.86 bits per heavy atom. The van der Waals surface area contributed by atoms with E-state index in [4.69, 9.17) is 9.72 Å². The third-order valence-electron chi connectivity index (χ3n) is 4.25. The van der Waals surface area contributed by atoms with Gasteiger partial charge in [-0.25, -0.2) is 9.37 Å². The van der Waals surface area contributed by atoms with E-state index in [1.807, 2.05) is 24.3 Å². The van der Waals surface area contributed by atoms with Gasteiger partial charge in [0.1, 0.15) is 11.6 Å². The number of benzene rings is 2. The number of hydrogen-bond donors (Lipinski definition) is 0. The van der Waals surface area contributed by atoms with E-state index in [0.717, 1.165) is 6.42 Å². The summed E-state index contributed by atoms with van der Waals surface area (Å²) in [6.45, 7) is 0.489. The lowest BCUT2D eigenvalue weighted by Gasteiger charge is -2.13. The number of hydrogen-bond acceptors (Lipinski definition) is 5. The number of fused-ring (bicyclic) bond motifs is 1. The summed E-state index contributed by atoms with van der Waals surface area (Å²) in [7, 11) is 0. The average molecular weight is 407 g/mol. The van der Waals surface area contributed by atoms with Crippen LogP contribution in [0, 0.1) is 5.82 Å². The van der Waals surface area contributed by atoms with Gasteiger partial charge in [0, 0.05) is 11.9 Å². The molecule has 0 amide bonds. The van der Waals surface area contributed by atoms with Gasteiger partial charge >= 0.3 is 0 Å². The van der Waals surface area contributed by atoms with Crippen LogP contribution < -0.4 is 10.3 Å². The van der Waals surface area contributed by atoms with Crippen molar-refractivity contribution in [1.29, 1.82) is 0 Å². The lowest BCUT2D eigenvalue weighted by atomic mass is 10.2. The molecule has 0 aliphatic heterocycles. The zero-order chi connectivity index (χ0) is 20.1. The second kappa shape index (κ2) is 8.87. The molecule has 0 atom stereocenters. The van der Waals surface area contributed by atoms with Crippen molar-refractivity contribution in [2.75, 3.05) is 12.4 Å². The predicted octanol–water partition coefficient (Wildman–Crippen LogP) is 4.48. The van der Waals surface area contributed by atoms with Gasteiger partial charge in [0.05, 0.1) is 29.4 Å². The summed E-state index contributed by atoms with van der Waals surface area (Å²) in [6.07, 6.45) is 4.07.